The molecule has 0 saturated heterocycles. The van der Waals surface area contributed by atoms with Crippen LogP contribution in [0.1, 0.15) is 34.8 Å². The third-order valence-electron chi connectivity index (χ3n) is 3.80. The molecular weight excluding hydrogens is 320 g/mol. The second-order valence-electron chi connectivity index (χ2n) is 5.65. The topological polar surface area (TPSA) is 81.3 Å². The molecule has 1 atom stereocenters. The van der Waals surface area contributed by atoms with E-state index in [0.29, 0.717) is 28.9 Å². The van der Waals surface area contributed by atoms with Gasteiger partial charge < -0.3 is 14.5 Å². The number of H-pyrrole nitrogens is 1. The number of fused-ring (bicyclic) bond motifs is 1. The number of ether oxygens (including phenoxy) is 2. The summed E-state index contributed by atoms with van der Waals surface area (Å²) in [6, 6.07) is 14.0. The van der Waals surface area contributed by atoms with Crippen molar-refractivity contribution in [1.29, 1.82) is 0 Å². The Kier molecular flexibility index (Phi) is 4.90. The van der Waals surface area contributed by atoms with Crippen molar-refractivity contribution < 1.29 is 14.3 Å². The molecule has 0 saturated carbocycles. The van der Waals surface area contributed by atoms with Crippen LogP contribution in [-0.4, -0.2) is 23.0 Å². The Morgan fingerprint density at radius 2 is 1.88 bits per heavy atom. The van der Waals surface area contributed by atoms with E-state index in [0.717, 1.165) is 5.56 Å². The van der Waals surface area contributed by atoms with Crippen LogP contribution in [0.3, 0.4) is 0 Å². The van der Waals surface area contributed by atoms with Crippen LogP contribution in [0.15, 0.2) is 53.3 Å². The molecule has 3 aromatic rings. The fraction of sp³-hybridized carbons (Fsp3) is 0.211. The van der Waals surface area contributed by atoms with Crippen molar-refractivity contribution >= 4 is 16.9 Å². The number of rotatable bonds is 5. The predicted molar refractivity (Wildman–Crippen MR) is 93.3 cm³/mol. The summed E-state index contributed by atoms with van der Waals surface area (Å²) in [4.78, 5) is 31.4. The molecule has 0 spiro atoms. The Hall–Kier alpha value is -2.99. The maximum Gasteiger partial charge on any atom is 0.338 e. The molecule has 0 amide bonds. The molecule has 25 heavy (non-hydrogen) atoms. The number of carbonyl (C=O) groups is 1. The summed E-state index contributed by atoms with van der Waals surface area (Å²) in [5.74, 6) is -0.166. The van der Waals surface area contributed by atoms with Crippen molar-refractivity contribution in [2.45, 2.75) is 19.6 Å². The highest BCUT2D eigenvalue weighted by Gasteiger charge is 2.16. The molecule has 0 fully saturated rings. The minimum atomic E-state index is -0.677. The van der Waals surface area contributed by atoms with E-state index in [1.54, 1.807) is 62.6 Å². The first kappa shape index (κ1) is 16.9. The van der Waals surface area contributed by atoms with Gasteiger partial charge in [-0.15, -0.1) is 0 Å². The molecule has 1 aromatic heterocycles. The Morgan fingerprint density at radius 3 is 2.60 bits per heavy atom. The number of benzene rings is 2. The van der Waals surface area contributed by atoms with Gasteiger partial charge in [0.25, 0.3) is 5.56 Å². The van der Waals surface area contributed by atoms with Gasteiger partial charge in [-0.3, -0.25) is 4.79 Å². The van der Waals surface area contributed by atoms with E-state index in [4.69, 9.17) is 9.47 Å². The third kappa shape index (κ3) is 3.75. The van der Waals surface area contributed by atoms with E-state index in [-0.39, 0.29) is 5.56 Å². The molecule has 0 aliphatic rings. The first-order chi connectivity index (χ1) is 12.1. The molecule has 0 radical (unpaired) electrons. The molecule has 1 heterocycles. The first-order valence-electron chi connectivity index (χ1n) is 7.86. The van der Waals surface area contributed by atoms with E-state index in [9.17, 15) is 9.59 Å². The lowest BCUT2D eigenvalue weighted by molar-refractivity contribution is 0.0320. The number of hydrogen-bond donors (Lipinski definition) is 1. The van der Waals surface area contributed by atoms with Crippen molar-refractivity contribution in [3.05, 3.63) is 75.8 Å². The number of para-hydroxylation sites is 1. The van der Waals surface area contributed by atoms with Crippen LogP contribution >= 0.6 is 0 Å². The van der Waals surface area contributed by atoms with Gasteiger partial charge >= 0.3 is 5.97 Å². The zero-order chi connectivity index (χ0) is 17.8. The SMILES string of the molecule is COCc1ccc(C(=O)OC(C)c2nc3ccccc3c(=O)[nH]2)cc1. The second kappa shape index (κ2) is 7.27. The summed E-state index contributed by atoms with van der Waals surface area (Å²) in [6.07, 6.45) is -0.677. The van der Waals surface area contributed by atoms with E-state index >= 15 is 0 Å². The van der Waals surface area contributed by atoms with Gasteiger partial charge in [-0.05, 0) is 36.8 Å². The van der Waals surface area contributed by atoms with Crippen LogP contribution in [0.25, 0.3) is 10.9 Å². The van der Waals surface area contributed by atoms with Gasteiger partial charge in [-0.1, -0.05) is 24.3 Å². The number of nitrogens with zero attached hydrogens (tertiary/aromatic N) is 1. The van der Waals surface area contributed by atoms with Crippen molar-refractivity contribution in [2.75, 3.05) is 7.11 Å². The lowest BCUT2D eigenvalue weighted by Crippen LogP contribution is -2.17. The van der Waals surface area contributed by atoms with Gasteiger partial charge in [0.2, 0.25) is 0 Å². The Morgan fingerprint density at radius 1 is 1.16 bits per heavy atom. The fourth-order valence-corrected chi connectivity index (χ4v) is 2.49. The molecule has 0 aliphatic carbocycles. The molecule has 0 bridgehead atoms. The quantitative estimate of drug-likeness (QED) is 0.723. The van der Waals surface area contributed by atoms with Crippen LogP contribution < -0.4 is 5.56 Å². The number of hydrogen-bond acceptors (Lipinski definition) is 5. The van der Waals surface area contributed by atoms with Crippen LogP contribution in [0.4, 0.5) is 0 Å². The van der Waals surface area contributed by atoms with Crippen molar-refractivity contribution in [1.82, 2.24) is 9.97 Å². The average molecular weight is 338 g/mol. The van der Waals surface area contributed by atoms with Crippen molar-refractivity contribution in [3.8, 4) is 0 Å². The lowest BCUT2D eigenvalue weighted by Gasteiger charge is -2.13. The molecule has 6 heteroatoms. The molecule has 2 aromatic carbocycles. The summed E-state index contributed by atoms with van der Waals surface area (Å²) in [5.41, 5.74) is 1.70. The highest BCUT2D eigenvalue weighted by atomic mass is 16.5. The van der Waals surface area contributed by atoms with Gasteiger partial charge in [0.1, 0.15) is 0 Å². The highest BCUT2D eigenvalue weighted by molar-refractivity contribution is 5.89. The van der Waals surface area contributed by atoms with Crippen molar-refractivity contribution in [2.24, 2.45) is 0 Å². The maximum atomic E-state index is 12.3. The number of carbonyl (C=O) groups excluding carboxylic acids is 1. The van der Waals surface area contributed by atoms with Gasteiger partial charge in [0.05, 0.1) is 23.1 Å². The molecule has 128 valence electrons. The molecule has 0 aliphatic heterocycles. The zero-order valence-electron chi connectivity index (χ0n) is 14.0. The fourth-order valence-electron chi connectivity index (χ4n) is 2.49. The number of aromatic nitrogens is 2. The lowest BCUT2D eigenvalue weighted by atomic mass is 10.1. The van der Waals surface area contributed by atoms with Gasteiger partial charge in [0, 0.05) is 7.11 Å². The predicted octanol–water partition coefficient (Wildman–Crippen LogP) is 2.99. The molecule has 1 N–H and O–H groups in total. The highest BCUT2D eigenvalue weighted by Crippen LogP contribution is 2.17. The average Bonchev–Trinajstić information content (AvgIpc) is 2.62. The normalized spacial score (nSPS) is 12.1. The zero-order valence-corrected chi connectivity index (χ0v) is 14.0. The van der Waals surface area contributed by atoms with Gasteiger partial charge in [-0.2, -0.15) is 0 Å². The summed E-state index contributed by atoms with van der Waals surface area (Å²) < 4.78 is 10.5. The second-order valence-corrected chi connectivity index (χ2v) is 5.65. The summed E-state index contributed by atoms with van der Waals surface area (Å²) in [7, 11) is 1.61. The summed E-state index contributed by atoms with van der Waals surface area (Å²) in [5, 5.41) is 0.499. The Bertz CT molecular complexity index is 948. The smallest absolute Gasteiger partial charge is 0.338 e. The maximum absolute atomic E-state index is 12.3. The molecule has 6 nitrogen and oxygen atoms in total. The number of methoxy groups -OCH3 is 1. The molecule has 3 rings (SSSR count). The van der Waals surface area contributed by atoms with Crippen LogP contribution in [0.5, 0.6) is 0 Å². The Labute approximate surface area is 144 Å². The minimum absolute atomic E-state index is 0.257. The van der Waals surface area contributed by atoms with E-state index in [1.165, 1.54) is 0 Å². The number of nitrogens with one attached hydrogen (secondary N) is 1. The largest absolute Gasteiger partial charge is 0.451 e. The standard InChI is InChI=1S/C19H18N2O4/c1-12(17-20-16-6-4-3-5-15(16)18(22)21-17)25-19(23)14-9-7-13(8-10-14)11-24-2/h3-10,12H,11H2,1-2H3,(H,20,21,22). The number of aromatic amines is 1. The monoisotopic (exact) mass is 338 g/mol. The van der Waals surface area contributed by atoms with Crippen LogP contribution in [0.2, 0.25) is 0 Å². The summed E-state index contributed by atoms with van der Waals surface area (Å²) >= 11 is 0. The van der Waals surface area contributed by atoms with E-state index in [1.807, 2.05) is 0 Å². The third-order valence-corrected chi connectivity index (χ3v) is 3.80. The van der Waals surface area contributed by atoms with E-state index in [2.05, 4.69) is 9.97 Å². The molecular formula is C19H18N2O4. The van der Waals surface area contributed by atoms with E-state index < -0.39 is 12.1 Å². The van der Waals surface area contributed by atoms with Gasteiger partial charge in [0.15, 0.2) is 11.9 Å². The molecule has 1 unspecified atom stereocenters. The number of esters is 1. The van der Waals surface area contributed by atoms with Crippen molar-refractivity contribution in [3.63, 3.8) is 0 Å². The minimum Gasteiger partial charge on any atom is -0.451 e. The van der Waals surface area contributed by atoms with Crippen LogP contribution in [0, 0.1) is 0 Å². The van der Waals surface area contributed by atoms with Crippen LogP contribution in [-0.2, 0) is 16.1 Å². The first-order valence-corrected chi connectivity index (χ1v) is 7.86. The Balaban J connectivity index is 1.78. The summed E-state index contributed by atoms with van der Waals surface area (Å²) in [6.45, 7) is 2.15. The van der Waals surface area contributed by atoms with Gasteiger partial charge in [-0.25, -0.2) is 9.78 Å².